The molecule has 2 aromatic rings. The van der Waals surface area contributed by atoms with E-state index in [1.54, 1.807) is 0 Å². The average molecular weight is 515 g/mol. The van der Waals surface area contributed by atoms with Crippen LogP contribution in [0.1, 0.15) is 18.1 Å². The van der Waals surface area contributed by atoms with Gasteiger partial charge in [0.15, 0.2) is 0 Å². The van der Waals surface area contributed by atoms with Crippen molar-refractivity contribution in [3.05, 3.63) is 88.7 Å². The van der Waals surface area contributed by atoms with E-state index in [2.05, 4.69) is 28.0 Å². The van der Waals surface area contributed by atoms with Crippen LogP contribution < -0.4 is 21.1 Å². The zero-order valence-electron chi connectivity index (χ0n) is 18.6. The minimum Gasteiger partial charge on any atom is -0.380 e. The van der Waals surface area contributed by atoms with E-state index in [0.29, 0.717) is 18.8 Å². The number of allylic oxidation sites excluding steroid dienone is 2. The summed E-state index contributed by atoms with van der Waals surface area (Å²) in [5.41, 5.74) is 4.51. The SMILES string of the molecule is CC(N)(c1ccc(NC(CNCc2ccccc2)CNS(=O)(=O)/C=C/C=C\S)cc1)C(F)(F)F. The highest BCUT2D eigenvalue weighted by Crippen LogP contribution is 2.36. The van der Waals surface area contributed by atoms with Gasteiger partial charge in [0, 0.05) is 30.7 Å². The van der Waals surface area contributed by atoms with Gasteiger partial charge in [0.1, 0.15) is 5.54 Å². The molecule has 0 aliphatic heterocycles. The molecule has 6 nitrogen and oxygen atoms in total. The molecule has 34 heavy (non-hydrogen) atoms. The first kappa shape index (κ1) is 27.9. The third kappa shape index (κ3) is 8.80. The lowest BCUT2D eigenvalue weighted by Crippen LogP contribution is -2.47. The number of rotatable bonds is 12. The Morgan fingerprint density at radius 3 is 2.26 bits per heavy atom. The highest BCUT2D eigenvalue weighted by molar-refractivity contribution is 7.92. The Bertz CT molecular complexity index is 1060. The maximum Gasteiger partial charge on any atom is 0.410 e. The van der Waals surface area contributed by atoms with E-state index in [-0.39, 0.29) is 12.1 Å². The molecule has 0 saturated carbocycles. The summed E-state index contributed by atoms with van der Waals surface area (Å²) in [6.45, 7) is 1.90. The van der Waals surface area contributed by atoms with Crippen LogP contribution in [0.4, 0.5) is 18.9 Å². The number of sulfonamides is 1. The first-order valence-electron chi connectivity index (χ1n) is 10.4. The highest BCUT2D eigenvalue weighted by atomic mass is 32.2. The predicted molar refractivity (Wildman–Crippen MR) is 134 cm³/mol. The quantitative estimate of drug-likeness (QED) is 0.219. The number of nitrogens with two attached hydrogens (primary N) is 1. The average Bonchev–Trinajstić information content (AvgIpc) is 2.78. The maximum atomic E-state index is 13.2. The van der Waals surface area contributed by atoms with Crippen molar-refractivity contribution in [3.63, 3.8) is 0 Å². The van der Waals surface area contributed by atoms with Gasteiger partial charge in [-0.25, -0.2) is 13.1 Å². The van der Waals surface area contributed by atoms with Gasteiger partial charge in [-0.3, -0.25) is 0 Å². The molecular weight excluding hydrogens is 485 g/mol. The fourth-order valence-electron chi connectivity index (χ4n) is 2.94. The number of benzene rings is 2. The summed E-state index contributed by atoms with van der Waals surface area (Å²) in [6.07, 6.45) is -1.79. The van der Waals surface area contributed by atoms with Crippen molar-refractivity contribution in [1.29, 1.82) is 0 Å². The largest absolute Gasteiger partial charge is 0.410 e. The van der Waals surface area contributed by atoms with Gasteiger partial charge in [-0.15, -0.1) is 0 Å². The number of thiol groups is 1. The lowest BCUT2D eigenvalue weighted by Gasteiger charge is -2.28. The molecule has 0 bridgehead atoms. The van der Waals surface area contributed by atoms with Crippen LogP contribution in [0.25, 0.3) is 0 Å². The van der Waals surface area contributed by atoms with Gasteiger partial charge in [-0.05, 0) is 41.7 Å². The molecule has 0 saturated heterocycles. The molecule has 0 aliphatic rings. The highest BCUT2D eigenvalue weighted by Gasteiger charge is 2.49. The van der Waals surface area contributed by atoms with Crippen molar-refractivity contribution in [2.75, 3.05) is 18.4 Å². The number of hydrogen-bond acceptors (Lipinski definition) is 6. The van der Waals surface area contributed by atoms with Gasteiger partial charge < -0.3 is 16.4 Å². The number of alkyl halides is 3. The minimum absolute atomic E-state index is 0.0396. The summed E-state index contributed by atoms with van der Waals surface area (Å²) in [7, 11) is -3.69. The molecule has 186 valence electrons. The third-order valence-corrected chi connectivity index (χ3v) is 6.25. The van der Waals surface area contributed by atoms with Crippen molar-refractivity contribution in [2.24, 2.45) is 5.73 Å². The van der Waals surface area contributed by atoms with Crippen molar-refractivity contribution in [2.45, 2.75) is 31.2 Å². The number of hydrogen-bond donors (Lipinski definition) is 5. The fraction of sp³-hybridized carbons (Fsp3) is 0.304. The smallest absolute Gasteiger partial charge is 0.380 e. The van der Waals surface area contributed by atoms with Crippen LogP contribution in [-0.4, -0.2) is 33.7 Å². The second-order valence-corrected chi connectivity index (χ2v) is 9.75. The number of halogens is 3. The van der Waals surface area contributed by atoms with Gasteiger partial charge in [-0.1, -0.05) is 48.5 Å². The van der Waals surface area contributed by atoms with Gasteiger partial charge in [0.05, 0.1) is 6.04 Å². The zero-order chi connectivity index (χ0) is 25.2. The Kier molecular flexibility index (Phi) is 10.2. The number of nitrogens with one attached hydrogen (secondary N) is 3. The Balaban J connectivity index is 2.10. The molecule has 0 fully saturated rings. The minimum atomic E-state index is -4.60. The molecule has 0 heterocycles. The van der Waals surface area contributed by atoms with E-state index >= 15 is 0 Å². The van der Waals surface area contributed by atoms with Crippen LogP contribution in [0.15, 0.2) is 77.6 Å². The molecule has 2 aromatic carbocycles. The molecule has 2 unspecified atom stereocenters. The van der Waals surface area contributed by atoms with Crippen LogP contribution in [0.2, 0.25) is 0 Å². The molecule has 5 N–H and O–H groups in total. The number of anilines is 1. The van der Waals surface area contributed by atoms with Crippen molar-refractivity contribution >= 4 is 28.3 Å². The summed E-state index contributed by atoms with van der Waals surface area (Å²) in [6, 6.07) is 14.9. The monoisotopic (exact) mass is 514 g/mol. The molecule has 0 spiro atoms. The second-order valence-electron chi connectivity index (χ2n) is 7.80. The molecule has 0 aliphatic carbocycles. The molecule has 2 rings (SSSR count). The Labute approximate surface area is 204 Å². The lowest BCUT2D eigenvalue weighted by atomic mass is 9.92. The molecule has 2 atom stereocenters. The predicted octanol–water partition coefficient (Wildman–Crippen LogP) is 3.87. The molecule has 0 amide bonds. The van der Waals surface area contributed by atoms with E-state index in [1.807, 2.05) is 30.3 Å². The summed E-state index contributed by atoms with van der Waals surface area (Å²) in [5, 5.41) is 8.84. The Hall–Kier alpha value is -2.31. The van der Waals surface area contributed by atoms with Crippen LogP contribution >= 0.6 is 12.6 Å². The Morgan fingerprint density at radius 2 is 1.68 bits per heavy atom. The van der Waals surface area contributed by atoms with Crippen molar-refractivity contribution < 1.29 is 21.6 Å². The van der Waals surface area contributed by atoms with Gasteiger partial charge in [0.2, 0.25) is 10.0 Å². The van der Waals surface area contributed by atoms with E-state index in [1.165, 1.54) is 41.8 Å². The summed E-state index contributed by atoms with van der Waals surface area (Å²) in [5.74, 6) is 0. The van der Waals surface area contributed by atoms with Crippen LogP contribution in [-0.2, 0) is 22.1 Å². The van der Waals surface area contributed by atoms with E-state index in [0.717, 1.165) is 17.9 Å². The Morgan fingerprint density at radius 1 is 1.03 bits per heavy atom. The summed E-state index contributed by atoms with van der Waals surface area (Å²) < 4.78 is 66.5. The molecule has 11 heteroatoms. The first-order chi connectivity index (χ1) is 15.9. The fourth-order valence-corrected chi connectivity index (χ4v) is 3.86. The normalized spacial score (nSPS) is 15.5. The third-order valence-electron chi connectivity index (χ3n) is 4.99. The standard InChI is InChI=1S/C23H29F3N4O2S2/c1-22(27,23(24,25)26)19-9-11-20(12-10-19)30-21(16-28-15-18-7-3-2-4-8-18)17-29-34(31,32)14-6-5-13-33/h2-14,21,28-30,33H,15-17,27H2,1H3/b13-5-,14-6+. The molecular formula is C23H29F3N4O2S2. The summed E-state index contributed by atoms with van der Waals surface area (Å²) >= 11 is 3.86. The molecule has 0 radical (unpaired) electrons. The topological polar surface area (TPSA) is 96.2 Å². The van der Waals surface area contributed by atoms with Gasteiger partial charge >= 0.3 is 6.18 Å². The van der Waals surface area contributed by atoms with Crippen molar-refractivity contribution in [3.8, 4) is 0 Å². The summed E-state index contributed by atoms with van der Waals surface area (Å²) in [4.78, 5) is 0. The van der Waals surface area contributed by atoms with Crippen LogP contribution in [0.3, 0.4) is 0 Å². The van der Waals surface area contributed by atoms with Crippen LogP contribution in [0.5, 0.6) is 0 Å². The van der Waals surface area contributed by atoms with Gasteiger partial charge in [0.25, 0.3) is 0 Å². The lowest BCUT2D eigenvalue weighted by molar-refractivity contribution is -0.184. The first-order valence-corrected chi connectivity index (χ1v) is 12.5. The molecule has 0 aromatic heterocycles. The van der Waals surface area contributed by atoms with Gasteiger partial charge in [-0.2, -0.15) is 25.8 Å². The second kappa shape index (κ2) is 12.4. The van der Waals surface area contributed by atoms with Crippen LogP contribution in [0, 0.1) is 0 Å². The van der Waals surface area contributed by atoms with E-state index in [9.17, 15) is 21.6 Å². The maximum absolute atomic E-state index is 13.2. The van der Waals surface area contributed by atoms with E-state index in [4.69, 9.17) is 5.73 Å². The van der Waals surface area contributed by atoms with E-state index < -0.39 is 27.8 Å². The van der Waals surface area contributed by atoms with Crippen molar-refractivity contribution in [1.82, 2.24) is 10.0 Å². The zero-order valence-corrected chi connectivity index (χ0v) is 20.3.